The standard InChI is InChI=1S/C27H34FN3O4/c1-3-33-19-22(32)16-31(17-24-10-7-15-34-24)18-25-26(20-8-5-4-6-9-20)29-30(2)27(25)35-23-13-11-21(28)12-14-23/h4-6,8-9,11-14,22,24,32H,3,7,10,15-19H2,1-2H3. The van der Waals surface area contributed by atoms with Crippen LogP contribution in [0, 0.1) is 5.82 Å². The van der Waals surface area contributed by atoms with Gasteiger partial charge < -0.3 is 19.3 Å². The Hall–Kier alpha value is -2.78. The van der Waals surface area contributed by atoms with E-state index in [1.165, 1.54) is 12.1 Å². The lowest BCUT2D eigenvalue weighted by Gasteiger charge is -2.27. The third-order valence-corrected chi connectivity index (χ3v) is 6.01. The van der Waals surface area contributed by atoms with E-state index in [4.69, 9.17) is 19.3 Å². The van der Waals surface area contributed by atoms with E-state index in [1.54, 1.807) is 16.8 Å². The number of nitrogens with zero attached hydrogens (tertiary/aromatic N) is 3. The average Bonchev–Trinajstić information content (AvgIpc) is 3.48. The number of benzene rings is 2. The number of aromatic nitrogens is 2. The first kappa shape index (κ1) is 25.3. The summed E-state index contributed by atoms with van der Waals surface area (Å²) in [5.74, 6) is 0.781. The van der Waals surface area contributed by atoms with Gasteiger partial charge in [0.25, 0.3) is 0 Å². The van der Waals surface area contributed by atoms with E-state index in [0.717, 1.165) is 36.3 Å². The number of ether oxygens (including phenoxy) is 3. The maximum atomic E-state index is 13.5. The SMILES string of the molecule is CCOCC(O)CN(Cc1c(-c2ccccc2)nn(C)c1Oc1ccc(F)cc1)CC1CCCO1. The normalized spacial score (nSPS) is 16.7. The summed E-state index contributed by atoms with van der Waals surface area (Å²) in [6.07, 6.45) is 1.53. The Morgan fingerprint density at radius 3 is 2.66 bits per heavy atom. The fourth-order valence-corrected chi connectivity index (χ4v) is 4.37. The second-order valence-electron chi connectivity index (χ2n) is 8.82. The van der Waals surface area contributed by atoms with Gasteiger partial charge in [-0.3, -0.25) is 4.90 Å². The highest BCUT2D eigenvalue weighted by Gasteiger charge is 2.26. The Morgan fingerprint density at radius 2 is 1.97 bits per heavy atom. The summed E-state index contributed by atoms with van der Waals surface area (Å²) in [6.45, 7) is 5.12. The minimum Gasteiger partial charge on any atom is -0.439 e. The lowest BCUT2D eigenvalue weighted by molar-refractivity contribution is 0.00505. The molecule has 1 aromatic heterocycles. The van der Waals surface area contributed by atoms with Crippen LogP contribution < -0.4 is 4.74 Å². The van der Waals surface area contributed by atoms with Crippen molar-refractivity contribution in [2.45, 2.75) is 38.5 Å². The van der Waals surface area contributed by atoms with Crippen molar-refractivity contribution in [3.05, 3.63) is 66.0 Å². The maximum absolute atomic E-state index is 13.5. The molecule has 2 atom stereocenters. The van der Waals surface area contributed by atoms with Crippen molar-refractivity contribution in [3.8, 4) is 22.9 Å². The third-order valence-electron chi connectivity index (χ3n) is 6.01. The van der Waals surface area contributed by atoms with Gasteiger partial charge in [-0.05, 0) is 44.0 Å². The summed E-state index contributed by atoms with van der Waals surface area (Å²) in [5.41, 5.74) is 2.67. The van der Waals surface area contributed by atoms with Gasteiger partial charge >= 0.3 is 0 Å². The van der Waals surface area contributed by atoms with Gasteiger partial charge in [0.15, 0.2) is 0 Å². The number of rotatable bonds is 12. The zero-order chi connectivity index (χ0) is 24.6. The number of aliphatic hydroxyl groups excluding tert-OH is 1. The molecule has 35 heavy (non-hydrogen) atoms. The van der Waals surface area contributed by atoms with Crippen molar-refractivity contribution in [2.24, 2.45) is 7.05 Å². The van der Waals surface area contributed by atoms with Crippen LogP contribution in [-0.2, 0) is 23.1 Å². The second-order valence-corrected chi connectivity index (χ2v) is 8.82. The van der Waals surface area contributed by atoms with E-state index < -0.39 is 6.10 Å². The molecule has 0 radical (unpaired) electrons. The molecule has 1 N–H and O–H groups in total. The molecule has 0 bridgehead atoms. The molecular weight excluding hydrogens is 449 g/mol. The van der Waals surface area contributed by atoms with Crippen LogP contribution in [0.15, 0.2) is 54.6 Å². The van der Waals surface area contributed by atoms with Gasteiger partial charge in [0.05, 0.1) is 24.4 Å². The lowest BCUT2D eigenvalue weighted by atomic mass is 10.1. The molecule has 4 rings (SSSR count). The van der Waals surface area contributed by atoms with Crippen LogP contribution in [0.1, 0.15) is 25.3 Å². The molecule has 3 aromatic rings. The minimum atomic E-state index is -0.630. The Balaban J connectivity index is 1.66. The van der Waals surface area contributed by atoms with Crippen LogP contribution in [0.5, 0.6) is 11.6 Å². The molecule has 0 spiro atoms. The van der Waals surface area contributed by atoms with Crippen LogP contribution in [0.2, 0.25) is 0 Å². The number of halogens is 1. The van der Waals surface area contributed by atoms with Gasteiger partial charge in [0, 0.05) is 45.5 Å². The van der Waals surface area contributed by atoms with Crippen molar-refractivity contribution in [1.82, 2.24) is 14.7 Å². The van der Waals surface area contributed by atoms with Crippen molar-refractivity contribution in [1.29, 1.82) is 0 Å². The highest BCUT2D eigenvalue weighted by atomic mass is 19.1. The van der Waals surface area contributed by atoms with Crippen LogP contribution in [-0.4, -0.2) is 64.9 Å². The van der Waals surface area contributed by atoms with Crippen molar-refractivity contribution >= 4 is 0 Å². The monoisotopic (exact) mass is 483 g/mol. The summed E-state index contributed by atoms with van der Waals surface area (Å²) in [5, 5.41) is 15.4. The Morgan fingerprint density at radius 1 is 1.20 bits per heavy atom. The molecule has 7 nitrogen and oxygen atoms in total. The van der Waals surface area contributed by atoms with E-state index in [2.05, 4.69) is 4.90 Å². The summed E-state index contributed by atoms with van der Waals surface area (Å²) in [4.78, 5) is 2.18. The van der Waals surface area contributed by atoms with Gasteiger partial charge in [-0.2, -0.15) is 5.10 Å². The minimum absolute atomic E-state index is 0.118. The van der Waals surface area contributed by atoms with E-state index in [0.29, 0.717) is 37.9 Å². The van der Waals surface area contributed by atoms with Crippen LogP contribution in [0.25, 0.3) is 11.3 Å². The molecule has 2 heterocycles. The topological polar surface area (TPSA) is 69.0 Å². The van der Waals surface area contributed by atoms with Crippen molar-refractivity contribution < 1.29 is 23.7 Å². The van der Waals surface area contributed by atoms with Gasteiger partial charge in [-0.1, -0.05) is 30.3 Å². The highest BCUT2D eigenvalue weighted by molar-refractivity contribution is 5.65. The molecule has 0 aliphatic carbocycles. The molecule has 188 valence electrons. The molecule has 8 heteroatoms. The molecule has 2 aromatic carbocycles. The van der Waals surface area contributed by atoms with Gasteiger partial charge in [-0.15, -0.1) is 0 Å². The van der Waals surface area contributed by atoms with E-state index in [-0.39, 0.29) is 18.5 Å². The fraction of sp³-hybridized carbons (Fsp3) is 0.444. The van der Waals surface area contributed by atoms with Gasteiger partial charge in [-0.25, -0.2) is 9.07 Å². The molecule has 2 unspecified atom stereocenters. The van der Waals surface area contributed by atoms with Crippen LogP contribution in [0.3, 0.4) is 0 Å². The molecule has 0 amide bonds. The van der Waals surface area contributed by atoms with Crippen molar-refractivity contribution in [2.75, 3.05) is 32.9 Å². The Labute approximate surface area is 206 Å². The first-order valence-corrected chi connectivity index (χ1v) is 12.2. The zero-order valence-electron chi connectivity index (χ0n) is 20.4. The quantitative estimate of drug-likeness (QED) is 0.412. The molecule has 1 fully saturated rings. The molecule has 1 aliphatic rings. The summed E-state index contributed by atoms with van der Waals surface area (Å²) in [6, 6.07) is 15.9. The van der Waals surface area contributed by atoms with Crippen LogP contribution >= 0.6 is 0 Å². The van der Waals surface area contributed by atoms with Crippen molar-refractivity contribution in [3.63, 3.8) is 0 Å². The maximum Gasteiger partial charge on any atom is 0.222 e. The first-order chi connectivity index (χ1) is 17.0. The van der Waals surface area contributed by atoms with Crippen LogP contribution in [0.4, 0.5) is 4.39 Å². The summed E-state index contributed by atoms with van der Waals surface area (Å²) >= 11 is 0. The Kier molecular flexibility index (Phi) is 8.87. The molecule has 0 saturated carbocycles. The molecular formula is C27H34FN3O4. The van der Waals surface area contributed by atoms with E-state index >= 15 is 0 Å². The Bertz CT molecular complexity index is 1050. The highest BCUT2D eigenvalue weighted by Crippen LogP contribution is 2.34. The second kappa shape index (κ2) is 12.3. The van der Waals surface area contributed by atoms with E-state index in [1.807, 2.05) is 44.3 Å². The molecule has 1 aliphatic heterocycles. The summed E-state index contributed by atoms with van der Waals surface area (Å²) in [7, 11) is 1.84. The van der Waals surface area contributed by atoms with Gasteiger partial charge in [0.2, 0.25) is 5.88 Å². The zero-order valence-corrected chi connectivity index (χ0v) is 20.4. The number of hydrogen-bond acceptors (Lipinski definition) is 6. The number of aliphatic hydroxyl groups is 1. The number of hydrogen-bond donors (Lipinski definition) is 1. The predicted octanol–water partition coefficient (Wildman–Crippen LogP) is 4.40. The largest absolute Gasteiger partial charge is 0.439 e. The lowest BCUT2D eigenvalue weighted by Crippen LogP contribution is -2.39. The predicted molar refractivity (Wildman–Crippen MR) is 132 cm³/mol. The fourth-order valence-electron chi connectivity index (χ4n) is 4.37. The first-order valence-electron chi connectivity index (χ1n) is 12.2. The smallest absolute Gasteiger partial charge is 0.222 e. The number of aryl methyl sites for hydroxylation is 1. The average molecular weight is 484 g/mol. The van der Waals surface area contributed by atoms with E-state index in [9.17, 15) is 9.50 Å². The van der Waals surface area contributed by atoms with Gasteiger partial charge in [0.1, 0.15) is 17.3 Å². The summed E-state index contributed by atoms with van der Waals surface area (Å²) < 4.78 is 32.7. The molecule has 1 saturated heterocycles. The third kappa shape index (κ3) is 6.89.